The molecule has 30 heavy (non-hydrogen) atoms. The Hall–Kier alpha value is -3.72. The number of ether oxygens (including phenoxy) is 1. The van der Waals surface area contributed by atoms with Gasteiger partial charge in [0.15, 0.2) is 11.3 Å². The van der Waals surface area contributed by atoms with Crippen LogP contribution < -0.4 is 21.2 Å². The van der Waals surface area contributed by atoms with Gasteiger partial charge >= 0.3 is 5.63 Å². The molecule has 0 aliphatic carbocycles. The van der Waals surface area contributed by atoms with E-state index in [-0.39, 0.29) is 29.8 Å². The van der Waals surface area contributed by atoms with Gasteiger partial charge in [-0.2, -0.15) is 5.10 Å². The molecule has 0 aliphatic rings. The Bertz CT molecular complexity index is 1320. The molecule has 1 amide bonds. The van der Waals surface area contributed by atoms with Crippen LogP contribution >= 0.6 is 11.3 Å². The fourth-order valence-electron chi connectivity index (χ4n) is 2.97. The SMILES string of the molecule is COc1cccc2cc(C(=O)NCCn3nc(-c4cccs4)ccc3=O)c(=O)oc12. The van der Waals surface area contributed by atoms with E-state index in [0.29, 0.717) is 16.8 Å². The number of aromatic nitrogens is 2. The summed E-state index contributed by atoms with van der Waals surface area (Å²) >= 11 is 1.52. The van der Waals surface area contributed by atoms with Crippen molar-refractivity contribution in [3.05, 3.63) is 80.2 Å². The van der Waals surface area contributed by atoms with Crippen LogP contribution in [-0.2, 0) is 6.54 Å². The van der Waals surface area contributed by atoms with Crippen molar-refractivity contribution in [3.8, 4) is 16.3 Å². The highest BCUT2D eigenvalue weighted by atomic mass is 32.1. The summed E-state index contributed by atoms with van der Waals surface area (Å²) in [6.07, 6.45) is 0. The number of fused-ring (bicyclic) bond motifs is 1. The lowest BCUT2D eigenvalue weighted by Gasteiger charge is -2.08. The summed E-state index contributed by atoms with van der Waals surface area (Å²) in [6, 6.07) is 13.5. The zero-order valence-electron chi connectivity index (χ0n) is 16.0. The maximum atomic E-state index is 12.5. The van der Waals surface area contributed by atoms with Crippen LogP contribution in [0.5, 0.6) is 5.75 Å². The number of nitrogens with zero attached hydrogens (tertiary/aromatic N) is 2. The lowest BCUT2D eigenvalue weighted by Crippen LogP contribution is -2.33. The van der Waals surface area contributed by atoms with Crippen LogP contribution in [0.4, 0.5) is 0 Å². The minimum atomic E-state index is -0.764. The molecular formula is C21H17N3O5S. The van der Waals surface area contributed by atoms with Gasteiger partial charge in [0.2, 0.25) is 0 Å². The van der Waals surface area contributed by atoms with Crippen LogP contribution in [0.2, 0.25) is 0 Å². The number of hydrogen-bond acceptors (Lipinski definition) is 7. The second-order valence-corrected chi connectivity index (χ2v) is 7.29. The van der Waals surface area contributed by atoms with Gasteiger partial charge in [0.1, 0.15) is 11.3 Å². The average molecular weight is 423 g/mol. The molecule has 0 atom stereocenters. The number of carbonyl (C=O) groups is 1. The predicted molar refractivity (Wildman–Crippen MR) is 113 cm³/mol. The molecule has 0 spiro atoms. The third kappa shape index (κ3) is 3.87. The molecule has 4 aromatic rings. The van der Waals surface area contributed by atoms with Gasteiger partial charge in [-0.05, 0) is 29.6 Å². The number of thiophene rings is 1. The summed E-state index contributed by atoms with van der Waals surface area (Å²) in [7, 11) is 1.47. The summed E-state index contributed by atoms with van der Waals surface area (Å²) in [4.78, 5) is 37.7. The van der Waals surface area contributed by atoms with Gasteiger partial charge in [-0.3, -0.25) is 9.59 Å². The molecule has 0 fully saturated rings. The van der Waals surface area contributed by atoms with Crippen molar-refractivity contribution in [2.45, 2.75) is 6.54 Å². The topological polar surface area (TPSA) is 103 Å². The van der Waals surface area contributed by atoms with Crippen LogP contribution in [0, 0.1) is 0 Å². The molecule has 0 radical (unpaired) electrons. The Morgan fingerprint density at radius 3 is 2.83 bits per heavy atom. The molecule has 1 aromatic carbocycles. The van der Waals surface area contributed by atoms with Gasteiger partial charge in [-0.15, -0.1) is 11.3 Å². The lowest BCUT2D eigenvalue weighted by molar-refractivity contribution is 0.0948. The zero-order valence-corrected chi connectivity index (χ0v) is 16.8. The van der Waals surface area contributed by atoms with Crippen LogP contribution in [0.3, 0.4) is 0 Å². The highest BCUT2D eigenvalue weighted by Crippen LogP contribution is 2.24. The van der Waals surface area contributed by atoms with Crippen molar-refractivity contribution in [2.75, 3.05) is 13.7 Å². The number of para-hydroxylation sites is 1. The van der Waals surface area contributed by atoms with Gasteiger partial charge in [-0.1, -0.05) is 18.2 Å². The molecule has 4 rings (SSSR count). The van der Waals surface area contributed by atoms with E-state index in [1.54, 1.807) is 24.3 Å². The van der Waals surface area contributed by atoms with Gasteiger partial charge in [0, 0.05) is 18.0 Å². The fraction of sp³-hybridized carbons (Fsp3) is 0.143. The monoisotopic (exact) mass is 423 g/mol. The maximum absolute atomic E-state index is 12.5. The number of hydrogen-bond donors (Lipinski definition) is 1. The summed E-state index contributed by atoms with van der Waals surface area (Å²) in [6.45, 7) is 0.283. The van der Waals surface area contributed by atoms with Crippen molar-refractivity contribution in [1.29, 1.82) is 0 Å². The van der Waals surface area contributed by atoms with E-state index in [2.05, 4.69) is 10.4 Å². The smallest absolute Gasteiger partial charge is 0.349 e. The Labute approximate surface area is 174 Å². The first kappa shape index (κ1) is 19.6. The van der Waals surface area contributed by atoms with Crippen LogP contribution in [0.15, 0.2) is 67.9 Å². The quantitative estimate of drug-likeness (QED) is 0.478. The number of methoxy groups -OCH3 is 1. The number of nitrogens with one attached hydrogen (secondary N) is 1. The first-order valence-electron chi connectivity index (χ1n) is 9.08. The normalized spacial score (nSPS) is 10.8. The van der Waals surface area contributed by atoms with Gasteiger partial charge in [-0.25, -0.2) is 9.48 Å². The zero-order chi connectivity index (χ0) is 21.1. The van der Waals surface area contributed by atoms with E-state index in [9.17, 15) is 14.4 Å². The third-order valence-electron chi connectivity index (χ3n) is 4.44. The number of amides is 1. The van der Waals surface area contributed by atoms with E-state index in [0.717, 1.165) is 4.88 Å². The minimum absolute atomic E-state index is 0.120. The van der Waals surface area contributed by atoms with E-state index in [1.165, 1.54) is 35.3 Å². The fourth-order valence-corrected chi connectivity index (χ4v) is 3.66. The molecule has 0 aliphatic heterocycles. The molecule has 0 unspecified atom stereocenters. The van der Waals surface area contributed by atoms with Crippen LogP contribution in [-0.4, -0.2) is 29.3 Å². The number of carbonyl (C=O) groups excluding carboxylic acids is 1. The van der Waals surface area contributed by atoms with E-state index in [4.69, 9.17) is 9.15 Å². The Balaban J connectivity index is 1.49. The summed E-state index contributed by atoms with van der Waals surface area (Å²) < 4.78 is 11.7. The van der Waals surface area contributed by atoms with Crippen LogP contribution in [0.25, 0.3) is 21.5 Å². The van der Waals surface area contributed by atoms with Crippen molar-refractivity contribution in [2.24, 2.45) is 0 Å². The molecule has 152 valence electrons. The Morgan fingerprint density at radius 1 is 1.20 bits per heavy atom. The number of benzene rings is 1. The van der Waals surface area contributed by atoms with Gasteiger partial charge in [0.05, 0.1) is 18.5 Å². The van der Waals surface area contributed by atoms with Crippen LogP contribution in [0.1, 0.15) is 10.4 Å². The molecule has 3 aromatic heterocycles. The Morgan fingerprint density at radius 2 is 2.07 bits per heavy atom. The van der Waals surface area contributed by atoms with Crippen molar-refractivity contribution < 1.29 is 13.9 Å². The van der Waals surface area contributed by atoms with E-state index < -0.39 is 11.5 Å². The Kier molecular flexibility index (Phi) is 5.44. The maximum Gasteiger partial charge on any atom is 0.349 e. The van der Waals surface area contributed by atoms with Crippen molar-refractivity contribution in [3.63, 3.8) is 0 Å². The second-order valence-electron chi connectivity index (χ2n) is 6.34. The third-order valence-corrected chi connectivity index (χ3v) is 5.33. The molecule has 9 heteroatoms. The lowest BCUT2D eigenvalue weighted by atomic mass is 10.1. The van der Waals surface area contributed by atoms with E-state index >= 15 is 0 Å². The van der Waals surface area contributed by atoms with E-state index in [1.807, 2.05) is 17.5 Å². The number of rotatable bonds is 6. The average Bonchev–Trinajstić information content (AvgIpc) is 3.29. The van der Waals surface area contributed by atoms with Gasteiger partial charge in [0.25, 0.3) is 11.5 Å². The highest BCUT2D eigenvalue weighted by Gasteiger charge is 2.15. The first-order valence-corrected chi connectivity index (χ1v) is 9.96. The van der Waals surface area contributed by atoms with Crippen molar-refractivity contribution in [1.82, 2.24) is 15.1 Å². The van der Waals surface area contributed by atoms with Gasteiger partial charge < -0.3 is 14.5 Å². The summed E-state index contributed by atoms with van der Waals surface area (Å²) in [5.41, 5.74) is -0.201. The predicted octanol–water partition coefficient (Wildman–Crippen LogP) is 2.52. The standard InChI is InChI=1S/C21H17N3O5S/c1-28-16-5-2-4-13-12-14(21(27)29-19(13)16)20(26)22-9-10-24-18(25)8-7-15(23-24)17-6-3-11-30-17/h2-8,11-12H,9-10H2,1H3,(H,22,26). The highest BCUT2D eigenvalue weighted by molar-refractivity contribution is 7.13. The summed E-state index contributed by atoms with van der Waals surface area (Å²) in [5.74, 6) is -0.177. The minimum Gasteiger partial charge on any atom is -0.493 e. The second kappa shape index (κ2) is 8.34. The molecular weight excluding hydrogens is 406 g/mol. The largest absolute Gasteiger partial charge is 0.493 e. The molecule has 1 N–H and O–H groups in total. The molecule has 0 bridgehead atoms. The van der Waals surface area contributed by atoms with Crippen molar-refractivity contribution >= 4 is 28.2 Å². The molecule has 0 saturated carbocycles. The first-order chi connectivity index (χ1) is 14.6. The summed E-state index contributed by atoms with van der Waals surface area (Å²) in [5, 5.41) is 9.46. The molecule has 0 saturated heterocycles. The molecule has 8 nitrogen and oxygen atoms in total. The molecule has 3 heterocycles.